The Morgan fingerprint density at radius 2 is 1.67 bits per heavy atom. The number of hydrogen-bond acceptors (Lipinski definition) is 6. The van der Waals surface area contributed by atoms with E-state index in [9.17, 15) is 14.4 Å². The summed E-state index contributed by atoms with van der Waals surface area (Å²) < 4.78 is 10.5. The number of benzene rings is 1. The molecule has 1 aromatic heterocycles. The van der Waals surface area contributed by atoms with Gasteiger partial charge in [-0.05, 0) is 80.5 Å². The minimum absolute atomic E-state index is 0.186. The first-order valence-electron chi connectivity index (χ1n) is 11.6. The molecule has 0 aliphatic heterocycles. The van der Waals surface area contributed by atoms with Crippen molar-refractivity contribution in [2.24, 2.45) is 17.8 Å². The van der Waals surface area contributed by atoms with Gasteiger partial charge < -0.3 is 19.8 Å². The fraction of sp³-hybridized carbons (Fsp3) is 0.480. The van der Waals surface area contributed by atoms with Gasteiger partial charge in [0.05, 0.1) is 18.4 Å². The Labute approximate surface area is 192 Å². The van der Waals surface area contributed by atoms with Crippen molar-refractivity contribution in [1.29, 1.82) is 0 Å². The van der Waals surface area contributed by atoms with Crippen LogP contribution in [0.15, 0.2) is 47.1 Å². The Bertz CT molecular complexity index is 997. The van der Waals surface area contributed by atoms with Crippen molar-refractivity contribution in [1.82, 2.24) is 10.6 Å². The van der Waals surface area contributed by atoms with E-state index in [0.29, 0.717) is 35.5 Å². The van der Waals surface area contributed by atoms with Crippen LogP contribution < -0.4 is 16.0 Å². The number of ether oxygens (including phenoxy) is 1. The third-order valence-corrected chi connectivity index (χ3v) is 7.18. The van der Waals surface area contributed by atoms with Crippen LogP contribution in [0.4, 0.5) is 10.5 Å². The molecule has 2 aromatic rings. The van der Waals surface area contributed by atoms with Crippen molar-refractivity contribution in [2.45, 2.75) is 50.6 Å². The van der Waals surface area contributed by atoms with E-state index in [0.717, 1.165) is 25.0 Å². The van der Waals surface area contributed by atoms with Gasteiger partial charge in [-0.15, -0.1) is 0 Å². The molecule has 6 rings (SSSR count). The van der Waals surface area contributed by atoms with E-state index >= 15 is 0 Å². The highest BCUT2D eigenvalue weighted by Gasteiger charge is 2.51. The molecule has 4 bridgehead atoms. The number of nitrogens with one attached hydrogen (secondary N) is 3. The molecule has 4 saturated carbocycles. The lowest BCUT2D eigenvalue weighted by atomic mass is 9.53. The van der Waals surface area contributed by atoms with E-state index in [2.05, 4.69) is 16.0 Å². The molecule has 3 amide bonds. The minimum atomic E-state index is -0.647. The molecule has 4 aliphatic rings. The normalized spacial score (nSPS) is 27.1. The van der Waals surface area contributed by atoms with Crippen molar-refractivity contribution >= 4 is 23.6 Å². The summed E-state index contributed by atoms with van der Waals surface area (Å²) in [6.07, 6.45) is 8.39. The molecular weight excluding hydrogens is 422 g/mol. The smallest absolute Gasteiger partial charge is 0.340 e. The Morgan fingerprint density at radius 1 is 0.970 bits per heavy atom. The van der Waals surface area contributed by atoms with Crippen LogP contribution in [0.2, 0.25) is 0 Å². The first-order valence-corrected chi connectivity index (χ1v) is 11.6. The number of rotatable bonds is 7. The van der Waals surface area contributed by atoms with Crippen molar-refractivity contribution < 1.29 is 23.5 Å². The molecule has 8 heteroatoms. The number of para-hydroxylation sites is 1. The van der Waals surface area contributed by atoms with Gasteiger partial charge in [0.15, 0.2) is 6.61 Å². The van der Waals surface area contributed by atoms with E-state index < -0.39 is 24.5 Å². The summed E-state index contributed by atoms with van der Waals surface area (Å²) in [5.41, 5.74) is 0.683. The van der Waals surface area contributed by atoms with Crippen molar-refractivity contribution in [3.8, 4) is 0 Å². The fourth-order valence-corrected chi connectivity index (χ4v) is 6.32. The number of carbonyl (C=O) groups is 3. The van der Waals surface area contributed by atoms with Crippen LogP contribution in [0, 0.1) is 17.8 Å². The monoisotopic (exact) mass is 451 g/mol. The molecule has 3 N–H and O–H groups in total. The summed E-state index contributed by atoms with van der Waals surface area (Å²) in [6, 6.07) is 9.99. The summed E-state index contributed by atoms with van der Waals surface area (Å²) >= 11 is 0. The van der Waals surface area contributed by atoms with Crippen molar-refractivity contribution in [3.63, 3.8) is 0 Å². The summed E-state index contributed by atoms with van der Waals surface area (Å²) in [5.74, 6) is 1.50. The van der Waals surface area contributed by atoms with Gasteiger partial charge in [0, 0.05) is 11.2 Å². The van der Waals surface area contributed by atoms with Gasteiger partial charge in [-0.1, -0.05) is 12.1 Å². The molecule has 0 saturated heterocycles. The summed E-state index contributed by atoms with van der Waals surface area (Å²) in [7, 11) is 0. The number of urea groups is 1. The van der Waals surface area contributed by atoms with E-state index in [1.165, 1.54) is 19.3 Å². The molecule has 1 heterocycles. The molecule has 0 unspecified atom stereocenters. The molecular formula is C25H29N3O5. The van der Waals surface area contributed by atoms with Gasteiger partial charge in [-0.2, -0.15) is 0 Å². The Balaban J connectivity index is 1.11. The second kappa shape index (κ2) is 8.92. The maximum atomic E-state index is 12.5. The number of amides is 3. The van der Waals surface area contributed by atoms with E-state index in [4.69, 9.17) is 9.15 Å². The highest BCUT2D eigenvalue weighted by atomic mass is 16.5. The van der Waals surface area contributed by atoms with Gasteiger partial charge in [0.1, 0.15) is 5.76 Å². The molecule has 4 aliphatic carbocycles. The third kappa shape index (κ3) is 4.89. The zero-order valence-electron chi connectivity index (χ0n) is 18.5. The molecule has 174 valence electrons. The SMILES string of the molecule is O=C(COC(=O)c1ccccc1NCc1ccco1)NC(=O)NC12CC3CC(CC(C3)C1)C2. The Hall–Kier alpha value is -3.29. The number of hydrogen-bond donors (Lipinski definition) is 3. The summed E-state index contributed by atoms with van der Waals surface area (Å²) in [6.45, 7) is -0.123. The molecule has 4 fully saturated rings. The average Bonchev–Trinajstić information content (AvgIpc) is 3.28. The molecule has 33 heavy (non-hydrogen) atoms. The first-order chi connectivity index (χ1) is 16.0. The molecule has 0 spiro atoms. The van der Waals surface area contributed by atoms with Crippen LogP contribution in [0.3, 0.4) is 0 Å². The second-order valence-corrected chi connectivity index (χ2v) is 9.75. The van der Waals surface area contributed by atoms with E-state index in [1.807, 2.05) is 6.07 Å². The topological polar surface area (TPSA) is 110 Å². The maximum absolute atomic E-state index is 12.5. The zero-order chi connectivity index (χ0) is 22.8. The van der Waals surface area contributed by atoms with Crippen LogP contribution in [-0.4, -0.2) is 30.1 Å². The molecule has 8 nitrogen and oxygen atoms in total. The Morgan fingerprint density at radius 3 is 2.33 bits per heavy atom. The number of esters is 1. The van der Waals surface area contributed by atoms with Gasteiger partial charge >= 0.3 is 12.0 Å². The molecule has 0 atom stereocenters. The van der Waals surface area contributed by atoms with Crippen LogP contribution in [0.5, 0.6) is 0 Å². The molecule has 1 aromatic carbocycles. The Kier molecular flexibility index (Phi) is 5.83. The van der Waals surface area contributed by atoms with E-state index in [-0.39, 0.29) is 5.54 Å². The van der Waals surface area contributed by atoms with Gasteiger partial charge in [-0.3, -0.25) is 10.1 Å². The molecule has 0 radical (unpaired) electrons. The van der Waals surface area contributed by atoms with E-state index in [1.54, 1.807) is 36.6 Å². The predicted octanol–water partition coefficient (Wildman–Crippen LogP) is 3.84. The standard InChI is InChI=1S/C25H29N3O5/c29-22(27-24(31)28-25-11-16-8-17(12-25)10-18(9-16)13-25)15-33-23(30)20-5-1-2-6-21(20)26-14-19-4-3-7-32-19/h1-7,16-18,26H,8-15H2,(H2,27,28,29,31). The van der Waals surface area contributed by atoms with Crippen molar-refractivity contribution in [3.05, 3.63) is 54.0 Å². The predicted molar refractivity (Wildman–Crippen MR) is 120 cm³/mol. The van der Waals surface area contributed by atoms with Gasteiger partial charge in [0.2, 0.25) is 0 Å². The first kappa shape index (κ1) is 21.6. The fourth-order valence-electron chi connectivity index (χ4n) is 6.32. The lowest BCUT2D eigenvalue weighted by molar-refractivity contribution is -0.123. The minimum Gasteiger partial charge on any atom is -0.467 e. The number of imide groups is 1. The second-order valence-electron chi connectivity index (χ2n) is 9.75. The highest BCUT2D eigenvalue weighted by Crippen LogP contribution is 2.55. The largest absolute Gasteiger partial charge is 0.467 e. The zero-order valence-corrected chi connectivity index (χ0v) is 18.5. The van der Waals surface area contributed by atoms with Crippen LogP contribution in [0.25, 0.3) is 0 Å². The summed E-state index contributed by atoms with van der Waals surface area (Å²) in [4.78, 5) is 37.3. The number of carbonyl (C=O) groups excluding carboxylic acids is 3. The van der Waals surface area contributed by atoms with Crippen molar-refractivity contribution in [2.75, 3.05) is 11.9 Å². The number of furan rings is 1. The lowest BCUT2D eigenvalue weighted by Gasteiger charge is -2.56. The van der Waals surface area contributed by atoms with Crippen LogP contribution >= 0.6 is 0 Å². The van der Waals surface area contributed by atoms with Crippen LogP contribution in [0.1, 0.15) is 54.6 Å². The maximum Gasteiger partial charge on any atom is 0.340 e. The quantitative estimate of drug-likeness (QED) is 0.552. The summed E-state index contributed by atoms with van der Waals surface area (Å²) in [5, 5.41) is 8.54. The average molecular weight is 452 g/mol. The highest BCUT2D eigenvalue weighted by molar-refractivity contribution is 5.99. The van der Waals surface area contributed by atoms with Gasteiger partial charge in [-0.25, -0.2) is 9.59 Å². The van der Waals surface area contributed by atoms with Crippen LogP contribution in [-0.2, 0) is 16.1 Å². The lowest BCUT2D eigenvalue weighted by Crippen LogP contribution is -2.62. The third-order valence-electron chi connectivity index (χ3n) is 7.18. The van der Waals surface area contributed by atoms with Gasteiger partial charge in [0.25, 0.3) is 5.91 Å². The number of anilines is 1.